The molecule has 1 amide bonds. The lowest BCUT2D eigenvalue weighted by molar-refractivity contribution is -0.113. The quantitative estimate of drug-likeness (QED) is 0.147. The van der Waals surface area contributed by atoms with Gasteiger partial charge in [-0.15, -0.1) is 28.1 Å². The number of anilines is 1. The number of hydrogen-bond donors (Lipinski definition) is 1. The molecule has 2 aromatic carbocycles. The van der Waals surface area contributed by atoms with Crippen molar-refractivity contribution in [1.82, 2.24) is 19.7 Å². The Kier molecular flexibility index (Phi) is 9.07. The summed E-state index contributed by atoms with van der Waals surface area (Å²) in [5.41, 5.74) is 3.13. The summed E-state index contributed by atoms with van der Waals surface area (Å²) in [6.07, 6.45) is 1.44. The molecule has 198 valence electrons. The van der Waals surface area contributed by atoms with Gasteiger partial charge >= 0.3 is 0 Å². The zero-order chi connectivity index (χ0) is 27.3. The summed E-state index contributed by atoms with van der Waals surface area (Å²) in [5, 5.41) is 14.7. The molecule has 0 bridgehead atoms. The number of allylic oxidation sites excluding steroid dienone is 1. The average Bonchev–Trinajstić information content (AvgIpc) is 3.50. The van der Waals surface area contributed by atoms with Crippen molar-refractivity contribution in [2.45, 2.75) is 50.9 Å². The second-order valence-corrected chi connectivity index (χ2v) is 12.4. The van der Waals surface area contributed by atoms with Gasteiger partial charge in [0.1, 0.15) is 5.75 Å². The van der Waals surface area contributed by atoms with Gasteiger partial charge in [-0.2, -0.15) is 0 Å². The number of nitrogens with one attached hydrogen (secondary N) is 1. The van der Waals surface area contributed by atoms with E-state index in [1.807, 2.05) is 53.3 Å². The van der Waals surface area contributed by atoms with E-state index in [0.29, 0.717) is 22.7 Å². The van der Waals surface area contributed by atoms with Gasteiger partial charge in [-0.25, -0.2) is 4.98 Å². The predicted molar refractivity (Wildman–Crippen MR) is 159 cm³/mol. The van der Waals surface area contributed by atoms with Crippen molar-refractivity contribution in [3.8, 4) is 17.0 Å². The normalized spacial score (nSPS) is 12.2. The monoisotopic (exact) mass is 611 g/mol. The van der Waals surface area contributed by atoms with Crippen molar-refractivity contribution in [3.05, 3.63) is 82.4 Å². The summed E-state index contributed by atoms with van der Waals surface area (Å²) >= 11 is 6.15. The summed E-state index contributed by atoms with van der Waals surface area (Å²) < 4.78 is 9.09. The van der Waals surface area contributed by atoms with E-state index in [1.165, 1.54) is 28.7 Å². The number of carbonyl (C=O) groups excluding carboxylic acids is 1. The van der Waals surface area contributed by atoms with Gasteiger partial charge in [-0.05, 0) is 42.2 Å². The summed E-state index contributed by atoms with van der Waals surface area (Å²) in [7, 11) is 0. The zero-order valence-electron chi connectivity index (χ0n) is 21.8. The molecule has 0 fully saturated rings. The van der Waals surface area contributed by atoms with E-state index in [4.69, 9.17) is 4.74 Å². The predicted octanol–water partition coefficient (Wildman–Crippen LogP) is 7.52. The first-order chi connectivity index (χ1) is 18.1. The molecule has 0 saturated carbocycles. The number of benzene rings is 2. The Bertz CT molecular complexity index is 1390. The van der Waals surface area contributed by atoms with Crippen LogP contribution in [0.25, 0.3) is 11.3 Å². The van der Waals surface area contributed by atoms with Crippen LogP contribution in [0.5, 0.6) is 5.75 Å². The van der Waals surface area contributed by atoms with E-state index in [1.54, 1.807) is 6.08 Å². The average molecular weight is 613 g/mol. The van der Waals surface area contributed by atoms with Gasteiger partial charge in [0.05, 0.1) is 11.4 Å². The fraction of sp³-hybridized carbons (Fsp3) is 0.286. The number of amides is 1. The molecule has 0 spiro atoms. The number of ether oxygens (including phenoxy) is 1. The van der Waals surface area contributed by atoms with Crippen molar-refractivity contribution in [2.24, 2.45) is 0 Å². The molecule has 10 heteroatoms. The molecule has 4 rings (SSSR count). The number of halogens is 1. The number of carbonyl (C=O) groups is 1. The van der Waals surface area contributed by atoms with Crippen molar-refractivity contribution in [1.29, 1.82) is 0 Å². The first-order valence-corrected chi connectivity index (χ1v) is 14.7. The molecule has 38 heavy (non-hydrogen) atoms. The third kappa shape index (κ3) is 7.12. The van der Waals surface area contributed by atoms with Gasteiger partial charge < -0.3 is 10.1 Å². The van der Waals surface area contributed by atoms with Gasteiger partial charge in [0.2, 0.25) is 5.91 Å². The van der Waals surface area contributed by atoms with Gasteiger partial charge in [0.25, 0.3) is 0 Å². The molecule has 7 nitrogen and oxygen atoms in total. The Morgan fingerprint density at radius 3 is 2.55 bits per heavy atom. The molecule has 1 atom stereocenters. The van der Waals surface area contributed by atoms with Crippen LogP contribution in [0.1, 0.15) is 45.2 Å². The van der Waals surface area contributed by atoms with Crippen molar-refractivity contribution in [3.63, 3.8) is 0 Å². The van der Waals surface area contributed by atoms with Crippen LogP contribution >= 0.6 is 39.0 Å². The van der Waals surface area contributed by atoms with Crippen LogP contribution < -0.4 is 10.1 Å². The molecule has 2 aromatic heterocycles. The van der Waals surface area contributed by atoms with Crippen LogP contribution in [0.15, 0.2) is 76.2 Å². The van der Waals surface area contributed by atoms with E-state index >= 15 is 0 Å². The third-order valence-corrected chi connectivity index (χ3v) is 7.93. The lowest BCUT2D eigenvalue weighted by atomic mass is 9.87. The Morgan fingerprint density at radius 1 is 1.18 bits per heavy atom. The molecule has 0 aliphatic rings. The molecule has 1 N–H and O–H groups in total. The fourth-order valence-electron chi connectivity index (χ4n) is 3.67. The Morgan fingerprint density at radius 2 is 1.89 bits per heavy atom. The maximum Gasteiger partial charge on any atom is 0.236 e. The van der Waals surface area contributed by atoms with Crippen molar-refractivity contribution < 1.29 is 9.53 Å². The second kappa shape index (κ2) is 12.3. The van der Waals surface area contributed by atoms with Crippen LogP contribution in [-0.2, 0) is 16.8 Å². The molecule has 0 aliphatic heterocycles. The number of thioether (sulfide) groups is 1. The highest BCUT2D eigenvalue weighted by Crippen LogP contribution is 2.29. The lowest BCUT2D eigenvalue weighted by Gasteiger charge is -2.20. The van der Waals surface area contributed by atoms with Gasteiger partial charge in [-0.1, -0.05) is 78.8 Å². The summed E-state index contributed by atoms with van der Waals surface area (Å²) in [6, 6.07) is 16.0. The summed E-state index contributed by atoms with van der Waals surface area (Å²) in [5.74, 6) is 1.45. The van der Waals surface area contributed by atoms with Crippen LogP contribution in [0.4, 0.5) is 5.13 Å². The Labute approximate surface area is 239 Å². The minimum atomic E-state index is -0.335. The largest absolute Gasteiger partial charge is 0.483 e. The zero-order valence-corrected chi connectivity index (χ0v) is 25.0. The molecular formula is C28H30BrN5O2S2. The smallest absolute Gasteiger partial charge is 0.236 e. The fourth-order valence-corrected chi connectivity index (χ4v) is 5.42. The maximum absolute atomic E-state index is 12.7. The first kappa shape index (κ1) is 28.1. The summed E-state index contributed by atoms with van der Waals surface area (Å²) in [6.45, 7) is 12.9. The number of aromatic nitrogens is 4. The highest BCUT2D eigenvalue weighted by molar-refractivity contribution is 9.10. The molecule has 4 aromatic rings. The lowest BCUT2D eigenvalue weighted by Crippen LogP contribution is -2.15. The third-order valence-electron chi connectivity index (χ3n) is 5.68. The van der Waals surface area contributed by atoms with E-state index in [2.05, 4.69) is 75.9 Å². The highest BCUT2D eigenvalue weighted by atomic mass is 79.9. The molecule has 2 heterocycles. The molecule has 1 unspecified atom stereocenters. The van der Waals surface area contributed by atoms with E-state index < -0.39 is 0 Å². The molecule has 0 radical (unpaired) electrons. The Hall–Kier alpha value is -2.95. The highest BCUT2D eigenvalue weighted by Gasteiger charge is 2.21. The summed E-state index contributed by atoms with van der Waals surface area (Å²) in [4.78, 5) is 17.2. The van der Waals surface area contributed by atoms with Crippen molar-refractivity contribution >= 4 is 50.1 Å². The van der Waals surface area contributed by atoms with Crippen molar-refractivity contribution in [2.75, 3.05) is 11.1 Å². The van der Waals surface area contributed by atoms with E-state index in [9.17, 15) is 4.79 Å². The minimum Gasteiger partial charge on any atom is -0.483 e. The van der Waals surface area contributed by atoms with Gasteiger partial charge in [0, 0.05) is 22.0 Å². The number of hydrogen-bond acceptors (Lipinski definition) is 7. The van der Waals surface area contributed by atoms with Crippen LogP contribution in [0.2, 0.25) is 0 Å². The first-order valence-electron chi connectivity index (χ1n) is 12.1. The number of thiazole rings is 1. The molecule has 0 aliphatic carbocycles. The van der Waals surface area contributed by atoms with Crippen LogP contribution in [0, 0.1) is 0 Å². The van der Waals surface area contributed by atoms with E-state index in [-0.39, 0.29) is 23.2 Å². The Balaban J connectivity index is 1.37. The van der Waals surface area contributed by atoms with E-state index in [0.717, 1.165) is 21.5 Å². The minimum absolute atomic E-state index is 0.0775. The standard InChI is InChI=1S/C28H30BrN5O2S2/c1-6-15-34-25(18(2)36-22-13-9-20(10-14-22)28(3,4)5)32-33-27(34)38-17-24(35)31-26-30-23(16-37-26)19-7-11-21(29)12-8-19/h6-14,16,18H,1,15,17H2,2-5H3,(H,30,31,35). The maximum atomic E-state index is 12.7. The van der Waals surface area contributed by atoms with Crippen LogP contribution in [-0.4, -0.2) is 31.4 Å². The molecular weight excluding hydrogens is 582 g/mol. The molecule has 0 saturated heterocycles. The van der Waals surface area contributed by atoms with Gasteiger partial charge in [0.15, 0.2) is 22.2 Å². The number of nitrogens with zero attached hydrogens (tertiary/aromatic N) is 4. The SMILES string of the molecule is C=CCn1c(SCC(=O)Nc2nc(-c3ccc(Br)cc3)cs2)nnc1C(C)Oc1ccc(C(C)(C)C)cc1. The van der Waals surface area contributed by atoms with Gasteiger partial charge in [-0.3, -0.25) is 9.36 Å². The second-order valence-electron chi connectivity index (χ2n) is 9.66. The number of rotatable bonds is 10. The topological polar surface area (TPSA) is 81.9 Å². The van der Waals surface area contributed by atoms with Crippen LogP contribution in [0.3, 0.4) is 0 Å².